The van der Waals surface area contributed by atoms with Gasteiger partial charge in [0.2, 0.25) is 0 Å². The first-order valence-electron chi connectivity index (χ1n) is 10.2. The molecular weight excluding hydrogens is 384 g/mol. The van der Waals surface area contributed by atoms with Crippen LogP contribution in [0.15, 0.2) is 35.7 Å². The van der Waals surface area contributed by atoms with Crippen molar-refractivity contribution >= 4 is 27.4 Å². The maximum Gasteiger partial charge on any atom is 0.146 e. The molecule has 4 rings (SSSR count). The summed E-state index contributed by atoms with van der Waals surface area (Å²) in [6, 6.07) is 10.3. The lowest BCUT2D eigenvalue weighted by Gasteiger charge is -2.26. The number of aromatic nitrogens is 2. The van der Waals surface area contributed by atoms with Gasteiger partial charge < -0.3 is 15.2 Å². The highest BCUT2D eigenvalue weighted by Crippen LogP contribution is 2.37. The number of morpholine rings is 1. The zero-order chi connectivity index (χ0) is 20.2. The van der Waals surface area contributed by atoms with Gasteiger partial charge in [-0.15, -0.1) is 11.3 Å². The van der Waals surface area contributed by atoms with Crippen LogP contribution in [0.4, 0.5) is 5.82 Å². The zero-order valence-corrected chi connectivity index (χ0v) is 17.8. The average Bonchev–Trinajstić information content (AvgIpc) is 3.17. The van der Waals surface area contributed by atoms with Crippen LogP contribution in [-0.4, -0.2) is 58.9 Å². The van der Waals surface area contributed by atoms with Gasteiger partial charge in [0.25, 0.3) is 0 Å². The van der Waals surface area contributed by atoms with Crippen molar-refractivity contribution in [3.8, 4) is 11.1 Å². The maximum atomic E-state index is 9.87. The molecule has 1 aromatic carbocycles. The quantitative estimate of drug-likeness (QED) is 0.618. The lowest BCUT2D eigenvalue weighted by Crippen LogP contribution is -2.36. The summed E-state index contributed by atoms with van der Waals surface area (Å²) in [4.78, 5) is 13.1. The molecule has 2 aromatic heterocycles. The van der Waals surface area contributed by atoms with Gasteiger partial charge in [-0.2, -0.15) is 0 Å². The fourth-order valence-electron chi connectivity index (χ4n) is 3.55. The third-order valence-electron chi connectivity index (χ3n) is 5.36. The average molecular weight is 413 g/mol. The molecule has 3 heterocycles. The normalized spacial score (nSPS) is 16.4. The summed E-state index contributed by atoms with van der Waals surface area (Å²) in [6.45, 7) is 8.28. The van der Waals surface area contributed by atoms with E-state index in [-0.39, 0.29) is 18.6 Å². The fourth-order valence-corrected chi connectivity index (χ4v) is 4.52. The van der Waals surface area contributed by atoms with E-state index in [4.69, 9.17) is 14.7 Å². The van der Waals surface area contributed by atoms with Gasteiger partial charge in [0.1, 0.15) is 16.5 Å². The van der Waals surface area contributed by atoms with Crippen LogP contribution >= 0.6 is 11.3 Å². The van der Waals surface area contributed by atoms with E-state index in [1.807, 2.05) is 18.2 Å². The van der Waals surface area contributed by atoms with Crippen molar-refractivity contribution in [2.24, 2.45) is 5.92 Å². The molecule has 7 heteroatoms. The summed E-state index contributed by atoms with van der Waals surface area (Å²) in [5, 5.41) is 16.6. The molecule has 2 N–H and O–H groups in total. The van der Waals surface area contributed by atoms with Gasteiger partial charge in [0.05, 0.1) is 37.8 Å². The highest BCUT2D eigenvalue weighted by molar-refractivity contribution is 7.17. The minimum atomic E-state index is -0.0622. The van der Waals surface area contributed by atoms with Crippen molar-refractivity contribution in [2.75, 3.05) is 38.2 Å². The van der Waals surface area contributed by atoms with Gasteiger partial charge >= 0.3 is 0 Å². The Labute approximate surface area is 175 Å². The van der Waals surface area contributed by atoms with Gasteiger partial charge in [-0.3, -0.25) is 4.90 Å². The number of anilines is 1. The Bertz CT molecular complexity index is 939. The van der Waals surface area contributed by atoms with Crippen molar-refractivity contribution < 1.29 is 9.84 Å². The van der Waals surface area contributed by atoms with E-state index < -0.39 is 0 Å². The van der Waals surface area contributed by atoms with Gasteiger partial charge in [-0.1, -0.05) is 44.2 Å². The van der Waals surface area contributed by atoms with E-state index in [0.29, 0.717) is 6.54 Å². The molecule has 0 aliphatic carbocycles. The first-order valence-corrected chi connectivity index (χ1v) is 11.0. The number of ether oxygens (including phenoxy) is 1. The Balaban J connectivity index is 1.76. The van der Waals surface area contributed by atoms with E-state index in [9.17, 15) is 5.11 Å². The third kappa shape index (κ3) is 4.59. The molecule has 0 amide bonds. The summed E-state index contributed by atoms with van der Waals surface area (Å²) in [5.74, 6) is 1.90. The summed E-state index contributed by atoms with van der Waals surface area (Å²) >= 11 is 1.65. The number of nitrogens with one attached hydrogen (secondary N) is 1. The molecule has 1 atom stereocenters. The van der Waals surface area contributed by atoms with Crippen molar-refractivity contribution in [2.45, 2.75) is 26.4 Å². The van der Waals surface area contributed by atoms with Gasteiger partial charge in [0.15, 0.2) is 0 Å². The van der Waals surface area contributed by atoms with Crippen LogP contribution in [0.1, 0.15) is 19.7 Å². The largest absolute Gasteiger partial charge is 0.394 e. The van der Waals surface area contributed by atoms with Crippen LogP contribution in [-0.2, 0) is 11.3 Å². The van der Waals surface area contributed by atoms with Gasteiger partial charge in [-0.05, 0) is 11.5 Å². The Hall–Kier alpha value is -2.06. The third-order valence-corrected chi connectivity index (χ3v) is 6.23. The Morgan fingerprint density at radius 1 is 1.17 bits per heavy atom. The summed E-state index contributed by atoms with van der Waals surface area (Å²) in [6.07, 6.45) is 0. The topological polar surface area (TPSA) is 70.5 Å². The summed E-state index contributed by atoms with van der Waals surface area (Å²) in [5.41, 5.74) is 2.28. The smallest absolute Gasteiger partial charge is 0.146 e. The lowest BCUT2D eigenvalue weighted by molar-refractivity contribution is 0.0331. The molecule has 1 saturated heterocycles. The van der Waals surface area contributed by atoms with Gasteiger partial charge in [0, 0.05) is 24.0 Å². The summed E-state index contributed by atoms with van der Waals surface area (Å²) in [7, 11) is 0. The second-order valence-corrected chi connectivity index (χ2v) is 8.61. The standard InChI is InChI=1S/C22H28N4O2S/c1-15(2)18(13-27)23-21-20-17(16-6-4-3-5-7-16)14-29-22(20)25-19(24-21)12-26-8-10-28-11-9-26/h3-7,14-15,18,27H,8-13H2,1-2H3,(H,23,24,25)/t18-/m1/s1. The molecule has 154 valence electrons. The van der Waals surface area contributed by atoms with Crippen molar-refractivity contribution in [3.63, 3.8) is 0 Å². The minimum absolute atomic E-state index is 0.0622. The molecule has 0 spiro atoms. The minimum Gasteiger partial charge on any atom is -0.394 e. The molecule has 0 bridgehead atoms. The SMILES string of the molecule is CC(C)[C@@H](CO)Nc1nc(CN2CCOCC2)nc2scc(-c3ccccc3)c12. The predicted octanol–water partition coefficient (Wildman–Crippen LogP) is 3.62. The first kappa shape index (κ1) is 20.2. The molecule has 3 aromatic rings. The number of fused-ring (bicyclic) bond motifs is 1. The fraction of sp³-hybridized carbons (Fsp3) is 0.455. The van der Waals surface area contributed by atoms with Crippen LogP contribution in [0, 0.1) is 5.92 Å². The zero-order valence-electron chi connectivity index (χ0n) is 17.0. The van der Waals surface area contributed by atoms with Crippen LogP contribution in [0.5, 0.6) is 0 Å². The summed E-state index contributed by atoms with van der Waals surface area (Å²) < 4.78 is 5.46. The van der Waals surface area contributed by atoms with Crippen molar-refractivity contribution in [1.29, 1.82) is 0 Å². The van der Waals surface area contributed by atoms with Crippen LogP contribution in [0.25, 0.3) is 21.3 Å². The second-order valence-electron chi connectivity index (χ2n) is 7.75. The number of hydrogen-bond donors (Lipinski definition) is 2. The maximum absolute atomic E-state index is 9.87. The van der Waals surface area contributed by atoms with Gasteiger partial charge in [-0.25, -0.2) is 9.97 Å². The van der Waals surface area contributed by atoms with Crippen molar-refractivity contribution in [3.05, 3.63) is 41.5 Å². The van der Waals surface area contributed by atoms with Crippen molar-refractivity contribution in [1.82, 2.24) is 14.9 Å². The number of rotatable bonds is 7. The Morgan fingerprint density at radius 2 is 1.93 bits per heavy atom. The molecule has 0 unspecified atom stereocenters. The van der Waals surface area contributed by atoms with Crippen LogP contribution in [0.2, 0.25) is 0 Å². The van der Waals surface area contributed by atoms with E-state index in [1.165, 1.54) is 0 Å². The Morgan fingerprint density at radius 3 is 2.62 bits per heavy atom. The molecule has 0 saturated carbocycles. The number of aliphatic hydroxyl groups is 1. The highest BCUT2D eigenvalue weighted by atomic mass is 32.1. The van der Waals surface area contributed by atoms with Crippen LogP contribution < -0.4 is 5.32 Å². The molecule has 29 heavy (non-hydrogen) atoms. The predicted molar refractivity (Wildman–Crippen MR) is 118 cm³/mol. The lowest BCUT2D eigenvalue weighted by atomic mass is 10.0. The molecule has 1 aliphatic rings. The number of benzene rings is 1. The first-order chi connectivity index (χ1) is 14.2. The molecule has 6 nitrogen and oxygen atoms in total. The molecular formula is C22H28N4O2S. The number of aliphatic hydroxyl groups excluding tert-OH is 1. The highest BCUT2D eigenvalue weighted by Gasteiger charge is 2.21. The monoisotopic (exact) mass is 412 g/mol. The molecule has 1 fully saturated rings. The number of hydrogen-bond acceptors (Lipinski definition) is 7. The van der Waals surface area contributed by atoms with E-state index in [1.54, 1.807) is 11.3 Å². The molecule has 1 aliphatic heterocycles. The number of nitrogens with zero attached hydrogens (tertiary/aromatic N) is 3. The molecule has 0 radical (unpaired) electrons. The van der Waals surface area contributed by atoms with E-state index >= 15 is 0 Å². The van der Waals surface area contributed by atoms with Crippen LogP contribution in [0.3, 0.4) is 0 Å². The second kappa shape index (κ2) is 9.17. The van der Waals surface area contributed by atoms with E-state index in [0.717, 1.165) is 59.3 Å². The van der Waals surface area contributed by atoms with E-state index in [2.05, 4.69) is 41.6 Å². The Kier molecular flexibility index (Phi) is 6.40. The number of thiophene rings is 1.